The van der Waals surface area contributed by atoms with Crippen molar-refractivity contribution in [2.45, 2.75) is 58.0 Å². The van der Waals surface area contributed by atoms with E-state index in [1.165, 1.54) is 76.2 Å². The summed E-state index contributed by atoms with van der Waals surface area (Å²) in [5.41, 5.74) is 11.0. The van der Waals surface area contributed by atoms with E-state index in [-0.39, 0.29) is 31.0 Å². The van der Waals surface area contributed by atoms with E-state index in [4.69, 9.17) is 0 Å². The van der Waals surface area contributed by atoms with Crippen molar-refractivity contribution in [3.63, 3.8) is 0 Å². The van der Waals surface area contributed by atoms with Crippen LogP contribution in [-0.2, 0) is 32.0 Å². The zero-order valence-electron chi connectivity index (χ0n) is 21.8. The molecule has 0 N–H and O–H groups in total. The van der Waals surface area contributed by atoms with Crippen LogP contribution in [0.15, 0.2) is 84.9 Å². The van der Waals surface area contributed by atoms with Crippen LogP contribution in [0.25, 0.3) is 22.3 Å². The third-order valence-electron chi connectivity index (χ3n) is 6.64. The fraction of sp³-hybridized carbons (Fsp3) is 0.273. The Balaban J connectivity index is 0.000000195. The second-order valence-electron chi connectivity index (χ2n) is 9.38. The van der Waals surface area contributed by atoms with E-state index in [1.807, 2.05) is 12.1 Å². The molecule has 0 bridgehead atoms. The van der Waals surface area contributed by atoms with E-state index in [0.717, 1.165) is 12.8 Å². The van der Waals surface area contributed by atoms with Crippen molar-refractivity contribution in [2.75, 3.05) is 0 Å². The molecule has 0 unspecified atom stereocenters. The van der Waals surface area contributed by atoms with Crippen molar-refractivity contribution < 1.29 is 44.0 Å². The van der Waals surface area contributed by atoms with E-state index in [9.17, 15) is 0 Å². The molecule has 4 aromatic carbocycles. The van der Waals surface area contributed by atoms with E-state index in [2.05, 4.69) is 118 Å². The smallest absolute Gasteiger partial charge is 0.0253 e. The first kappa shape index (κ1) is 31.6. The number of hydrogen-bond acceptors (Lipinski definition) is 0. The van der Waals surface area contributed by atoms with Crippen molar-refractivity contribution in [3.05, 3.63) is 119 Å². The van der Waals surface area contributed by atoms with Gasteiger partial charge in [-0.2, -0.15) is 59.7 Å². The molecule has 6 rings (SSSR count). The second kappa shape index (κ2) is 16.4. The van der Waals surface area contributed by atoms with Crippen molar-refractivity contribution in [3.8, 4) is 22.3 Å². The Bertz CT molecular complexity index is 1110. The molecule has 4 heteroatoms. The monoisotopic (exact) mass is 576 g/mol. The molecule has 2 aliphatic rings. The molecule has 0 nitrogen and oxygen atoms in total. The van der Waals surface area contributed by atoms with Crippen LogP contribution in [0, 0.1) is 12.1 Å². The van der Waals surface area contributed by atoms with Crippen LogP contribution in [0.2, 0.25) is 12.6 Å². The number of rotatable bonds is 5. The molecule has 0 radical (unpaired) electrons. The topological polar surface area (TPSA) is 0 Å². The first-order chi connectivity index (χ1) is 17.2. The Morgan fingerprint density at radius 3 is 1.57 bits per heavy atom. The number of unbranched alkanes of at least 4 members (excludes halogenated alkanes) is 3. The van der Waals surface area contributed by atoms with Gasteiger partial charge in [-0.3, -0.25) is 0 Å². The minimum atomic E-state index is 0. The minimum absolute atomic E-state index is 0. The van der Waals surface area contributed by atoms with E-state index in [1.54, 1.807) is 0 Å². The van der Waals surface area contributed by atoms with Crippen molar-refractivity contribution in [2.24, 2.45) is 0 Å². The van der Waals surface area contributed by atoms with Gasteiger partial charge in [0.05, 0.1) is 0 Å². The summed E-state index contributed by atoms with van der Waals surface area (Å²) >= 11 is 2.40. The summed E-state index contributed by atoms with van der Waals surface area (Å²) in [6.45, 7) is 4.67. The van der Waals surface area contributed by atoms with Crippen LogP contribution < -0.4 is 24.8 Å². The van der Waals surface area contributed by atoms with Gasteiger partial charge in [-0.05, 0) is 12.8 Å². The zero-order chi connectivity index (χ0) is 24.5. The summed E-state index contributed by atoms with van der Waals surface area (Å²) in [4.78, 5) is 0. The Morgan fingerprint density at radius 1 is 0.649 bits per heavy atom. The molecule has 0 amide bonds. The zero-order valence-corrected chi connectivity index (χ0v) is 25.9. The molecule has 2 aliphatic carbocycles. The maximum absolute atomic E-state index is 3.30. The standard InChI is InChI=1S/2C13H9.C7H16Si.2ClH.Ti/c2*1-3-7-12-10(5-1)9-11-6-2-4-8-13(11)12;1-3-4-5-6-7-8-2;;;/h2*1-5,7-8H,9H2;3-7H2,1-2H3;2*1H;/q2*-1;;;;+2/p-2. The molecule has 0 heterocycles. The molecule has 0 spiro atoms. The van der Waals surface area contributed by atoms with Crippen LogP contribution in [0.5, 0.6) is 0 Å². The average molecular weight is 577 g/mol. The molecule has 0 aromatic heterocycles. The largest absolute Gasteiger partial charge is 1.00 e. The first-order valence-corrected chi connectivity index (χ1v) is 17.4. The van der Waals surface area contributed by atoms with Gasteiger partial charge in [-0.15, -0.1) is 11.1 Å². The van der Waals surface area contributed by atoms with E-state index < -0.39 is 0 Å². The third-order valence-corrected chi connectivity index (χ3v) is 8.91. The summed E-state index contributed by atoms with van der Waals surface area (Å²) in [6, 6.07) is 37.7. The molecule has 0 fully saturated rings. The number of benzene rings is 4. The van der Waals surface area contributed by atoms with E-state index >= 15 is 0 Å². The molecule has 0 saturated carbocycles. The summed E-state index contributed by atoms with van der Waals surface area (Å²) in [6.07, 6.45) is 7.94. The van der Waals surface area contributed by atoms with Gasteiger partial charge in [0, 0.05) is 0 Å². The number of halogens is 2. The average Bonchev–Trinajstić information content (AvgIpc) is 3.46. The molecule has 0 aliphatic heterocycles. The molecule has 0 saturated heterocycles. The molecule has 0 atom stereocenters. The Labute approximate surface area is 248 Å². The Hall–Kier alpha value is -1.61. The van der Waals surface area contributed by atoms with Crippen LogP contribution in [0.1, 0.15) is 54.9 Å². The van der Waals surface area contributed by atoms with Gasteiger partial charge in [-0.1, -0.05) is 70.8 Å². The van der Waals surface area contributed by atoms with Crippen molar-refractivity contribution >= 4 is 6.19 Å². The van der Waals surface area contributed by atoms with Gasteiger partial charge >= 0.3 is 70.6 Å². The van der Waals surface area contributed by atoms with Gasteiger partial charge in [0.25, 0.3) is 0 Å². The summed E-state index contributed by atoms with van der Waals surface area (Å²) in [5.74, 6) is 0. The predicted octanol–water partition coefficient (Wildman–Crippen LogP) is 2.86. The van der Waals surface area contributed by atoms with Crippen LogP contribution in [0.3, 0.4) is 0 Å². The Morgan fingerprint density at radius 2 is 1.11 bits per heavy atom. The van der Waals surface area contributed by atoms with Crippen molar-refractivity contribution in [1.29, 1.82) is 0 Å². The quantitative estimate of drug-likeness (QED) is 0.168. The van der Waals surface area contributed by atoms with Gasteiger partial charge < -0.3 is 24.8 Å². The predicted molar refractivity (Wildman–Crippen MR) is 148 cm³/mol. The molecule has 190 valence electrons. The van der Waals surface area contributed by atoms with Crippen molar-refractivity contribution in [1.82, 2.24) is 0 Å². The molecule has 4 aromatic rings. The molecule has 37 heavy (non-hydrogen) atoms. The minimum Gasteiger partial charge on any atom is -1.00 e. The van der Waals surface area contributed by atoms with E-state index in [0.29, 0.717) is 0 Å². The van der Waals surface area contributed by atoms with Crippen LogP contribution >= 0.6 is 0 Å². The molecular weight excluding hydrogens is 543 g/mol. The maximum atomic E-state index is 3.30. The molecular formula is C33H34Cl2SiTi-2. The maximum Gasteiger partial charge on any atom is -0.0253 e. The third kappa shape index (κ3) is 8.70. The second-order valence-corrected chi connectivity index (χ2v) is 15.4. The normalized spacial score (nSPS) is 11.0. The van der Waals surface area contributed by atoms with Gasteiger partial charge in [-0.25, -0.2) is 0 Å². The fourth-order valence-electron chi connectivity index (χ4n) is 4.81. The van der Waals surface area contributed by atoms with Gasteiger partial charge in [0.15, 0.2) is 0 Å². The fourth-order valence-corrected chi connectivity index (χ4v) is 6.42. The first-order valence-electron chi connectivity index (χ1n) is 12.9. The number of hydrogen-bond donors (Lipinski definition) is 0. The summed E-state index contributed by atoms with van der Waals surface area (Å²) in [7, 11) is 0. The summed E-state index contributed by atoms with van der Waals surface area (Å²) < 4.78 is 0. The van der Waals surface area contributed by atoms with Crippen LogP contribution in [-0.4, -0.2) is 6.19 Å². The van der Waals surface area contributed by atoms with Gasteiger partial charge in [0.1, 0.15) is 0 Å². The van der Waals surface area contributed by atoms with Crippen LogP contribution in [0.4, 0.5) is 0 Å². The van der Waals surface area contributed by atoms with Gasteiger partial charge in [0.2, 0.25) is 0 Å². The number of fused-ring (bicyclic) bond motifs is 6. The summed E-state index contributed by atoms with van der Waals surface area (Å²) in [5, 5.41) is 0. The Kier molecular flexibility index (Phi) is 14.0. The SMILES string of the molecule is CCCCCC[Si](C)=[Ti+2].[Cl-].[Cl-].[c-]1cccc2c1Cc1ccccc1-2.[c-]1cccc2c1Cc1ccccc1-2.